The maximum atomic E-state index is 12.5. The Morgan fingerprint density at radius 3 is 2.62 bits per heavy atom. The van der Waals surface area contributed by atoms with Crippen molar-refractivity contribution in [3.05, 3.63) is 35.4 Å². The van der Waals surface area contributed by atoms with Crippen LogP contribution in [0.4, 0.5) is 0 Å². The predicted octanol–water partition coefficient (Wildman–Crippen LogP) is 2.57. The van der Waals surface area contributed by atoms with Gasteiger partial charge in [-0.2, -0.15) is 0 Å². The Kier molecular flexibility index (Phi) is 6.85. The van der Waals surface area contributed by atoms with Gasteiger partial charge < -0.3 is 15.2 Å². The third-order valence-corrected chi connectivity index (χ3v) is 3.57. The molecule has 2 N–H and O–H groups in total. The van der Waals surface area contributed by atoms with Gasteiger partial charge in [0, 0.05) is 13.2 Å². The van der Waals surface area contributed by atoms with Crippen molar-refractivity contribution in [3.63, 3.8) is 0 Å². The summed E-state index contributed by atoms with van der Waals surface area (Å²) >= 11 is 0. The average Bonchev–Trinajstić information content (AvgIpc) is 2.43. The van der Waals surface area contributed by atoms with E-state index in [0.29, 0.717) is 19.6 Å². The van der Waals surface area contributed by atoms with E-state index in [-0.39, 0.29) is 18.6 Å². The zero-order valence-corrected chi connectivity index (χ0v) is 13.5. The van der Waals surface area contributed by atoms with Gasteiger partial charge in [-0.3, -0.25) is 4.79 Å². The molecule has 0 aliphatic carbocycles. The molecule has 1 aromatic rings. The highest BCUT2D eigenvalue weighted by atomic mass is 16.5. The van der Waals surface area contributed by atoms with E-state index in [9.17, 15) is 4.79 Å². The van der Waals surface area contributed by atoms with E-state index < -0.39 is 5.41 Å². The third-order valence-electron chi connectivity index (χ3n) is 3.57. The van der Waals surface area contributed by atoms with E-state index in [2.05, 4.69) is 0 Å². The molecule has 0 radical (unpaired) electrons. The highest BCUT2D eigenvalue weighted by molar-refractivity contribution is 5.83. The number of carbonyl (C=O) groups excluding carboxylic acids is 1. The Morgan fingerprint density at radius 2 is 2.10 bits per heavy atom. The number of hydrogen-bond donors (Lipinski definition) is 1. The van der Waals surface area contributed by atoms with Crippen LogP contribution >= 0.6 is 0 Å². The summed E-state index contributed by atoms with van der Waals surface area (Å²) in [4.78, 5) is 12.5. The molecule has 1 rings (SSSR count). The molecule has 21 heavy (non-hydrogen) atoms. The van der Waals surface area contributed by atoms with Crippen molar-refractivity contribution in [2.45, 2.75) is 45.6 Å². The van der Waals surface area contributed by atoms with Crippen molar-refractivity contribution in [3.8, 4) is 0 Å². The summed E-state index contributed by atoms with van der Waals surface area (Å²) in [5.41, 5.74) is 7.14. The monoisotopic (exact) mass is 293 g/mol. The van der Waals surface area contributed by atoms with Gasteiger partial charge in [0.25, 0.3) is 0 Å². The maximum absolute atomic E-state index is 12.5. The molecule has 0 spiro atoms. The Morgan fingerprint density at radius 1 is 1.38 bits per heavy atom. The lowest BCUT2D eigenvalue weighted by molar-refractivity contribution is -0.151. The molecule has 1 atom stereocenters. The third kappa shape index (κ3) is 4.55. The number of aryl methyl sites for hydroxylation is 1. The van der Waals surface area contributed by atoms with Crippen LogP contribution in [0, 0.1) is 6.92 Å². The molecular formula is C17H27NO3. The van der Waals surface area contributed by atoms with Crippen LogP contribution in [-0.4, -0.2) is 31.8 Å². The number of hydrogen-bond acceptors (Lipinski definition) is 4. The quantitative estimate of drug-likeness (QED) is 0.748. The molecule has 118 valence electrons. The van der Waals surface area contributed by atoms with Crippen LogP contribution < -0.4 is 5.73 Å². The minimum Gasteiger partial charge on any atom is -0.465 e. The zero-order chi connectivity index (χ0) is 15.9. The van der Waals surface area contributed by atoms with Gasteiger partial charge >= 0.3 is 5.97 Å². The summed E-state index contributed by atoms with van der Waals surface area (Å²) in [5, 5.41) is 0. The Labute approximate surface area is 127 Å². The normalized spacial score (nSPS) is 14.0. The summed E-state index contributed by atoms with van der Waals surface area (Å²) in [7, 11) is 0. The van der Waals surface area contributed by atoms with Crippen molar-refractivity contribution in [1.82, 2.24) is 0 Å². The molecule has 0 saturated carbocycles. The summed E-state index contributed by atoms with van der Waals surface area (Å²) < 4.78 is 10.9. The second-order valence-electron chi connectivity index (χ2n) is 5.55. The topological polar surface area (TPSA) is 61.5 Å². The van der Waals surface area contributed by atoms with E-state index in [4.69, 9.17) is 15.2 Å². The van der Waals surface area contributed by atoms with Gasteiger partial charge in [0.2, 0.25) is 0 Å². The van der Waals surface area contributed by atoms with Crippen LogP contribution in [-0.2, 0) is 19.7 Å². The SMILES string of the molecule is CCOC(=O)C(CN)(CCOC(C)C)c1cccc(C)c1. The lowest BCUT2D eigenvalue weighted by atomic mass is 9.77. The fourth-order valence-corrected chi connectivity index (χ4v) is 2.35. The van der Waals surface area contributed by atoms with Crippen molar-refractivity contribution in [2.24, 2.45) is 5.73 Å². The minimum absolute atomic E-state index is 0.125. The molecule has 0 amide bonds. The first-order chi connectivity index (χ1) is 9.96. The first kappa shape index (κ1) is 17.7. The van der Waals surface area contributed by atoms with Crippen LogP contribution in [0.3, 0.4) is 0 Å². The van der Waals surface area contributed by atoms with Gasteiger partial charge in [-0.25, -0.2) is 0 Å². The summed E-state index contributed by atoms with van der Waals surface area (Å²) in [6, 6.07) is 7.88. The molecule has 0 saturated heterocycles. The van der Waals surface area contributed by atoms with Gasteiger partial charge in [-0.1, -0.05) is 29.8 Å². The molecular weight excluding hydrogens is 266 g/mol. The minimum atomic E-state index is -0.836. The van der Waals surface area contributed by atoms with E-state index in [1.54, 1.807) is 6.92 Å². The number of nitrogens with two attached hydrogens (primary N) is 1. The van der Waals surface area contributed by atoms with Crippen LogP contribution in [0.1, 0.15) is 38.3 Å². The highest BCUT2D eigenvalue weighted by Crippen LogP contribution is 2.30. The fourth-order valence-electron chi connectivity index (χ4n) is 2.35. The average molecular weight is 293 g/mol. The molecule has 0 aliphatic heterocycles. The fraction of sp³-hybridized carbons (Fsp3) is 0.588. The number of rotatable bonds is 8. The van der Waals surface area contributed by atoms with Crippen LogP contribution in [0.15, 0.2) is 24.3 Å². The second kappa shape index (κ2) is 8.15. The van der Waals surface area contributed by atoms with E-state index in [1.807, 2.05) is 45.0 Å². The molecule has 0 heterocycles. The van der Waals surface area contributed by atoms with E-state index in [1.165, 1.54) is 0 Å². The zero-order valence-electron chi connectivity index (χ0n) is 13.5. The lowest BCUT2D eigenvalue weighted by Crippen LogP contribution is -2.45. The molecule has 0 fully saturated rings. The smallest absolute Gasteiger partial charge is 0.317 e. The number of ether oxygens (including phenoxy) is 2. The second-order valence-corrected chi connectivity index (χ2v) is 5.55. The van der Waals surface area contributed by atoms with Crippen LogP contribution in [0.25, 0.3) is 0 Å². The largest absolute Gasteiger partial charge is 0.465 e. The van der Waals surface area contributed by atoms with Crippen molar-refractivity contribution in [2.75, 3.05) is 19.8 Å². The van der Waals surface area contributed by atoms with Gasteiger partial charge in [0.15, 0.2) is 0 Å². The van der Waals surface area contributed by atoms with Crippen molar-refractivity contribution in [1.29, 1.82) is 0 Å². The molecule has 0 bridgehead atoms. The van der Waals surface area contributed by atoms with Crippen LogP contribution in [0.5, 0.6) is 0 Å². The van der Waals surface area contributed by atoms with Gasteiger partial charge in [0.05, 0.1) is 12.7 Å². The molecule has 4 nitrogen and oxygen atoms in total. The lowest BCUT2D eigenvalue weighted by Gasteiger charge is -2.31. The summed E-state index contributed by atoms with van der Waals surface area (Å²) in [6.45, 7) is 8.78. The first-order valence-electron chi connectivity index (χ1n) is 7.52. The molecule has 0 aromatic heterocycles. The molecule has 1 aromatic carbocycles. The molecule has 1 unspecified atom stereocenters. The van der Waals surface area contributed by atoms with E-state index in [0.717, 1.165) is 11.1 Å². The molecule has 4 heteroatoms. The Hall–Kier alpha value is -1.39. The first-order valence-corrected chi connectivity index (χ1v) is 7.52. The van der Waals surface area contributed by atoms with Crippen molar-refractivity contribution >= 4 is 5.97 Å². The summed E-state index contributed by atoms with van der Waals surface area (Å²) in [6.07, 6.45) is 0.643. The van der Waals surface area contributed by atoms with Crippen molar-refractivity contribution < 1.29 is 14.3 Å². The maximum Gasteiger partial charge on any atom is 0.317 e. The molecule has 0 aliphatic rings. The summed E-state index contributed by atoms with van der Waals surface area (Å²) in [5.74, 6) is -0.273. The van der Waals surface area contributed by atoms with Gasteiger partial charge in [-0.05, 0) is 39.7 Å². The van der Waals surface area contributed by atoms with E-state index >= 15 is 0 Å². The Bertz CT molecular complexity index is 459. The predicted molar refractivity (Wildman–Crippen MR) is 84.2 cm³/mol. The number of benzene rings is 1. The van der Waals surface area contributed by atoms with Gasteiger partial charge in [-0.15, -0.1) is 0 Å². The van der Waals surface area contributed by atoms with Crippen LogP contribution in [0.2, 0.25) is 0 Å². The number of carbonyl (C=O) groups is 1. The van der Waals surface area contributed by atoms with Gasteiger partial charge in [0.1, 0.15) is 5.41 Å². The standard InChI is InChI=1S/C17H27NO3/c1-5-20-16(19)17(12-18,9-10-21-13(2)3)15-8-6-7-14(4)11-15/h6-8,11,13H,5,9-10,12,18H2,1-4H3. The Balaban J connectivity index is 3.09. The highest BCUT2D eigenvalue weighted by Gasteiger charge is 2.40. The number of esters is 1.